The second kappa shape index (κ2) is 13.4. The molecule has 0 aromatic rings. The molecular weight excluding hydrogens is 633 g/mol. The zero-order chi connectivity index (χ0) is 34.9. The predicted molar refractivity (Wildman–Crippen MR) is 208 cm³/mol. The molecule has 0 amide bonds. The van der Waals surface area contributed by atoms with Crippen LogP contribution in [-0.4, -0.2) is 57.2 Å². The minimum Gasteiger partial charge on any atom is -0.415 e. The molecule has 0 saturated heterocycles. The largest absolute Gasteiger partial charge is 0.415 e. The Bertz CT molecular complexity index is 1040. The van der Waals surface area contributed by atoms with Crippen LogP contribution in [-0.2, 0) is 17.7 Å². The Morgan fingerprint density at radius 2 is 1.28 bits per heavy atom. The van der Waals surface area contributed by atoms with Crippen molar-refractivity contribution in [1.82, 2.24) is 0 Å². The van der Waals surface area contributed by atoms with Crippen molar-refractivity contribution in [2.75, 3.05) is 0 Å². The van der Waals surface area contributed by atoms with Gasteiger partial charge in [-0.1, -0.05) is 20.8 Å². The summed E-state index contributed by atoms with van der Waals surface area (Å²) in [6, 6.07) is 0. The van der Waals surface area contributed by atoms with Gasteiger partial charge in [-0.2, -0.15) is 0 Å². The minimum atomic E-state index is -1.76. The van der Waals surface area contributed by atoms with Crippen LogP contribution in [0.15, 0.2) is 0 Å². The van der Waals surface area contributed by atoms with E-state index < -0.39 is 33.3 Å². The van der Waals surface area contributed by atoms with Gasteiger partial charge < -0.3 is 17.7 Å². The van der Waals surface area contributed by atoms with Crippen LogP contribution in [0.4, 0.5) is 0 Å². The molecular formula is C38H78O4Si4. The first kappa shape index (κ1) is 39.5. The summed E-state index contributed by atoms with van der Waals surface area (Å²) in [5, 5.41) is 0. The van der Waals surface area contributed by atoms with E-state index in [1.165, 1.54) is 51.4 Å². The SMILES string of the molecule is C[C@H](CCC(C)(C)O[Si](C)(C)C)[C@H]1CC[C@H]2[C@@H]3[C@H](O[Si](C)(C)C)C[C@@H]4C[C@H](O[Si](C)(C)C)CC[C@]4(C)[C@H]3C[C@H](O[Si](C)(C)C)[C@]12C. The molecule has 0 aliphatic heterocycles. The third-order valence-corrected chi connectivity index (χ3v) is 17.0. The van der Waals surface area contributed by atoms with Gasteiger partial charge in [-0.05, 0) is 197 Å². The molecule has 0 N–H and O–H groups in total. The number of fused-ring (bicyclic) bond motifs is 5. The molecule has 0 radical (unpaired) electrons. The maximum atomic E-state index is 7.45. The van der Waals surface area contributed by atoms with Gasteiger partial charge in [0.2, 0.25) is 0 Å². The van der Waals surface area contributed by atoms with Crippen molar-refractivity contribution in [2.24, 2.45) is 46.3 Å². The average molecular weight is 711 g/mol. The first-order valence-corrected chi connectivity index (χ1v) is 33.0. The molecule has 0 aromatic heterocycles. The smallest absolute Gasteiger partial charge is 0.184 e. The minimum absolute atomic E-state index is 0.0508. The lowest BCUT2D eigenvalue weighted by molar-refractivity contribution is -0.199. The first-order valence-electron chi connectivity index (χ1n) is 19.4. The van der Waals surface area contributed by atoms with E-state index in [0.29, 0.717) is 59.2 Å². The Balaban J connectivity index is 1.69. The fourth-order valence-electron chi connectivity index (χ4n) is 11.5. The molecule has 0 unspecified atom stereocenters. The summed E-state index contributed by atoms with van der Waals surface area (Å²) in [6.45, 7) is 41.3. The van der Waals surface area contributed by atoms with Crippen molar-refractivity contribution in [1.29, 1.82) is 0 Å². The molecule has 0 aromatic carbocycles. The lowest BCUT2D eigenvalue weighted by atomic mass is 9.43. The van der Waals surface area contributed by atoms with Crippen molar-refractivity contribution in [3.63, 3.8) is 0 Å². The van der Waals surface area contributed by atoms with Gasteiger partial charge in [0.1, 0.15) is 0 Å². The van der Waals surface area contributed by atoms with Crippen molar-refractivity contribution in [3.8, 4) is 0 Å². The molecule has 270 valence electrons. The van der Waals surface area contributed by atoms with E-state index in [-0.39, 0.29) is 11.0 Å². The van der Waals surface area contributed by atoms with Crippen LogP contribution in [0.2, 0.25) is 78.6 Å². The molecule has 0 bridgehead atoms. The second-order valence-electron chi connectivity index (χ2n) is 21.6. The molecule has 8 heteroatoms. The Hall–Kier alpha value is 0.708. The van der Waals surface area contributed by atoms with Crippen LogP contribution in [0, 0.1) is 46.3 Å². The van der Waals surface area contributed by atoms with E-state index in [2.05, 4.69) is 113 Å². The standard InChI is InChI=1S/C38H78O4Si4/c1-27(20-22-36(2,3)42-46(15,16)17)30-18-19-31-35-32(26-34(38(30,31)5)41-45(12,13)14)37(4)23-21-29(39-43(6,7)8)24-28(37)25-33(35)40-44(9,10)11/h27-35H,18-26H2,1-17H3/t27-,28+,29-,30-,31+,32+,33-,34+,35+,37+,38-/m1/s1. The summed E-state index contributed by atoms with van der Waals surface area (Å²) in [6.07, 6.45) is 12.5. The Morgan fingerprint density at radius 1 is 0.696 bits per heavy atom. The van der Waals surface area contributed by atoms with E-state index in [1.807, 2.05) is 0 Å². The summed E-state index contributed by atoms with van der Waals surface area (Å²) in [5.74, 6) is 4.06. The number of hydrogen-bond acceptors (Lipinski definition) is 4. The summed E-state index contributed by atoms with van der Waals surface area (Å²) in [7, 11) is -6.67. The van der Waals surface area contributed by atoms with Crippen LogP contribution in [0.1, 0.15) is 92.4 Å². The maximum Gasteiger partial charge on any atom is 0.184 e. The normalized spacial score (nSPS) is 39.8. The molecule has 4 saturated carbocycles. The summed E-state index contributed by atoms with van der Waals surface area (Å²) < 4.78 is 28.3. The molecule has 0 spiro atoms. The van der Waals surface area contributed by atoms with Crippen molar-refractivity contribution in [2.45, 2.75) is 195 Å². The predicted octanol–water partition coefficient (Wildman–Crippen LogP) is 11.6. The average Bonchev–Trinajstić information content (AvgIpc) is 3.18. The Kier molecular flexibility index (Phi) is 11.5. The fraction of sp³-hybridized carbons (Fsp3) is 1.00. The van der Waals surface area contributed by atoms with Crippen LogP contribution in [0.3, 0.4) is 0 Å². The molecule has 4 aliphatic carbocycles. The second-order valence-corrected chi connectivity index (χ2v) is 39.4. The Labute approximate surface area is 291 Å². The Morgan fingerprint density at radius 3 is 1.83 bits per heavy atom. The highest BCUT2D eigenvalue weighted by Gasteiger charge is 2.67. The lowest BCUT2D eigenvalue weighted by Crippen LogP contribution is -2.64. The topological polar surface area (TPSA) is 36.9 Å². The molecule has 11 atom stereocenters. The van der Waals surface area contributed by atoms with E-state index in [4.69, 9.17) is 17.7 Å². The van der Waals surface area contributed by atoms with Crippen LogP contribution in [0.25, 0.3) is 0 Å². The highest BCUT2D eigenvalue weighted by molar-refractivity contribution is 6.70. The van der Waals surface area contributed by atoms with Gasteiger partial charge in [-0.15, -0.1) is 0 Å². The monoisotopic (exact) mass is 710 g/mol. The van der Waals surface area contributed by atoms with Crippen molar-refractivity contribution in [3.05, 3.63) is 0 Å². The van der Waals surface area contributed by atoms with Gasteiger partial charge in [-0.25, -0.2) is 0 Å². The fourth-order valence-corrected chi connectivity index (χ4v) is 16.8. The van der Waals surface area contributed by atoms with Crippen LogP contribution >= 0.6 is 0 Å². The van der Waals surface area contributed by atoms with Crippen LogP contribution < -0.4 is 0 Å². The van der Waals surface area contributed by atoms with E-state index in [1.54, 1.807) is 0 Å². The third kappa shape index (κ3) is 9.13. The van der Waals surface area contributed by atoms with Gasteiger partial charge in [0.25, 0.3) is 0 Å². The van der Waals surface area contributed by atoms with Gasteiger partial charge in [0.15, 0.2) is 33.3 Å². The van der Waals surface area contributed by atoms with Crippen molar-refractivity contribution >= 4 is 33.3 Å². The summed E-state index contributed by atoms with van der Waals surface area (Å²) >= 11 is 0. The highest BCUT2D eigenvalue weighted by Crippen LogP contribution is 2.69. The molecule has 4 aliphatic rings. The highest BCUT2D eigenvalue weighted by atomic mass is 28.4. The number of hydrogen-bond donors (Lipinski definition) is 0. The quantitative estimate of drug-likeness (QED) is 0.189. The van der Waals surface area contributed by atoms with E-state index >= 15 is 0 Å². The van der Waals surface area contributed by atoms with Gasteiger partial charge in [0, 0.05) is 12.2 Å². The van der Waals surface area contributed by atoms with Gasteiger partial charge in [-0.3, -0.25) is 0 Å². The zero-order valence-electron chi connectivity index (χ0n) is 33.7. The van der Waals surface area contributed by atoms with Crippen LogP contribution in [0.5, 0.6) is 0 Å². The molecule has 4 nitrogen and oxygen atoms in total. The molecule has 4 fully saturated rings. The molecule has 0 heterocycles. The zero-order valence-corrected chi connectivity index (χ0v) is 37.7. The first-order chi connectivity index (χ1) is 20.6. The van der Waals surface area contributed by atoms with E-state index in [0.717, 1.165) is 6.42 Å². The lowest BCUT2D eigenvalue weighted by Gasteiger charge is -2.66. The third-order valence-electron chi connectivity index (χ3n) is 12.7. The number of rotatable bonds is 12. The van der Waals surface area contributed by atoms with Gasteiger partial charge >= 0.3 is 0 Å². The molecule has 4 rings (SSSR count). The maximum absolute atomic E-state index is 7.45. The summed E-state index contributed by atoms with van der Waals surface area (Å²) in [5.41, 5.74) is 0.505. The molecule has 46 heavy (non-hydrogen) atoms. The van der Waals surface area contributed by atoms with Gasteiger partial charge in [0.05, 0.1) is 11.7 Å². The summed E-state index contributed by atoms with van der Waals surface area (Å²) in [4.78, 5) is 0. The van der Waals surface area contributed by atoms with E-state index in [9.17, 15) is 0 Å². The van der Waals surface area contributed by atoms with Crippen molar-refractivity contribution < 1.29 is 17.7 Å².